The van der Waals surface area contributed by atoms with Gasteiger partial charge >= 0.3 is 0 Å². The Morgan fingerprint density at radius 2 is 1.78 bits per heavy atom. The second kappa shape index (κ2) is 8.33. The maximum Gasteiger partial charge on any atom is 0.233 e. The Kier molecular flexibility index (Phi) is 5.66. The van der Waals surface area contributed by atoms with Gasteiger partial charge in [0, 0.05) is 58.2 Å². The molecule has 0 aromatic carbocycles. The van der Waals surface area contributed by atoms with Crippen LogP contribution >= 0.6 is 0 Å². The van der Waals surface area contributed by atoms with Crippen molar-refractivity contribution in [2.45, 2.75) is 44.2 Å². The Bertz CT molecular complexity index is 635. The zero-order valence-electron chi connectivity index (χ0n) is 16.3. The van der Waals surface area contributed by atoms with Crippen molar-refractivity contribution in [2.24, 2.45) is 0 Å². The Morgan fingerprint density at radius 3 is 2.41 bits per heavy atom. The van der Waals surface area contributed by atoms with Crippen LogP contribution in [0.15, 0.2) is 24.9 Å². The quantitative estimate of drug-likeness (QED) is 0.708. The highest BCUT2D eigenvalue weighted by molar-refractivity contribution is 5.38. The number of piperidine rings is 1. The number of aromatic nitrogens is 2. The van der Waals surface area contributed by atoms with Gasteiger partial charge in [0.2, 0.25) is 5.88 Å². The fourth-order valence-electron chi connectivity index (χ4n) is 4.15. The summed E-state index contributed by atoms with van der Waals surface area (Å²) in [6, 6.07) is 0.838. The normalized spacial score (nSPS) is 22.4. The molecule has 0 atom stereocenters. The largest absolute Gasteiger partial charge is 0.480 e. The summed E-state index contributed by atoms with van der Waals surface area (Å²) in [6.07, 6.45) is 9.78. The fraction of sp³-hybridized carbons (Fsp3) is 0.700. The summed E-state index contributed by atoms with van der Waals surface area (Å²) in [5.41, 5.74) is 0. The zero-order valence-corrected chi connectivity index (χ0v) is 16.3. The minimum atomic E-state index is 0.233. The van der Waals surface area contributed by atoms with E-state index >= 15 is 0 Å². The molecule has 2 saturated heterocycles. The zero-order chi connectivity index (χ0) is 18.6. The lowest BCUT2D eigenvalue weighted by atomic mass is 9.91. The predicted molar refractivity (Wildman–Crippen MR) is 105 cm³/mol. The highest BCUT2D eigenvalue weighted by atomic mass is 16.5. The van der Waals surface area contributed by atoms with Crippen LogP contribution in [0.4, 0.5) is 5.82 Å². The minimum absolute atomic E-state index is 0.233. The van der Waals surface area contributed by atoms with Crippen molar-refractivity contribution in [3.05, 3.63) is 24.9 Å². The number of ether oxygens (including phenoxy) is 2. The van der Waals surface area contributed by atoms with Gasteiger partial charge in [-0.1, -0.05) is 6.42 Å². The first-order valence-corrected chi connectivity index (χ1v) is 10.2. The summed E-state index contributed by atoms with van der Waals surface area (Å²) in [7, 11) is 1.62. The van der Waals surface area contributed by atoms with Gasteiger partial charge in [0.15, 0.2) is 11.7 Å². The highest BCUT2D eigenvalue weighted by Crippen LogP contribution is 2.27. The lowest BCUT2D eigenvalue weighted by Crippen LogP contribution is -2.52. The van der Waals surface area contributed by atoms with Gasteiger partial charge in [-0.15, -0.1) is 0 Å². The van der Waals surface area contributed by atoms with Gasteiger partial charge in [-0.25, -0.2) is 0 Å². The van der Waals surface area contributed by atoms with Gasteiger partial charge in [-0.3, -0.25) is 9.88 Å². The number of anilines is 1. The maximum absolute atomic E-state index is 6.22. The summed E-state index contributed by atoms with van der Waals surface area (Å²) >= 11 is 0. The molecule has 0 radical (unpaired) electrons. The molecule has 1 saturated carbocycles. The van der Waals surface area contributed by atoms with Crippen LogP contribution < -0.4 is 9.64 Å². The summed E-state index contributed by atoms with van der Waals surface area (Å²) in [5.74, 6) is 2.28. The van der Waals surface area contributed by atoms with Crippen LogP contribution in [0.5, 0.6) is 5.88 Å². The average Bonchev–Trinajstić information content (AvgIpc) is 2.68. The number of methoxy groups -OCH3 is 1. The number of hydrogen-bond donors (Lipinski definition) is 0. The third kappa shape index (κ3) is 4.29. The number of rotatable bonds is 6. The van der Waals surface area contributed by atoms with E-state index in [9.17, 15) is 0 Å². The Labute approximate surface area is 162 Å². The third-order valence-corrected chi connectivity index (χ3v) is 6.14. The SMILES string of the molecule is C=C(OC1CCN(c2cncc(OC)n2)CC1)N1CCN(C2CCC2)CC1. The van der Waals surface area contributed by atoms with E-state index in [4.69, 9.17) is 9.47 Å². The standard InChI is InChI=1S/C20H31N5O2/c1-16(23-10-12-24(13-11-23)17-4-3-5-17)27-18-6-8-25(9-7-18)19-14-21-15-20(22-19)26-2/h14-15,17-18H,1,3-13H2,2H3. The maximum atomic E-state index is 6.22. The lowest BCUT2D eigenvalue weighted by molar-refractivity contribution is 0.00515. The molecular weight excluding hydrogens is 342 g/mol. The molecule has 1 aliphatic carbocycles. The van der Waals surface area contributed by atoms with Crippen LogP contribution in [-0.4, -0.2) is 78.3 Å². The van der Waals surface area contributed by atoms with E-state index in [0.29, 0.717) is 5.88 Å². The molecule has 148 valence electrons. The van der Waals surface area contributed by atoms with Crippen molar-refractivity contribution in [1.82, 2.24) is 19.8 Å². The summed E-state index contributed by atoms with van der Waals surface area (Å²) in [6.45, 7) is 10.4. The van der Waals surface area contributed by atoms with Gasteiger partial charge in [-0.2, -0.15) is 4.98 Å². The second-order valence-corrected chi connectivity index (χ2v) is 7.73. The van der Waals surface area contributed by atoms with E-state index in [2.05, 4.69) is 31.2 Å². The van der Waals surface area contributed by atoms with Crippen molar-refractivity contribution >= 4 is 5.82 Å². The summed E-state index contributed by atoms with van der Waals surface area (Å²) < 4.78 is 11.4. The molecule has 7 heteroatoms. The molecule has 0 unspecified atom stereocenters. The van der Waals surface area contributed by atoms with Crippen molar-refractivity contribution in [3.63, 3.8) is 0 Å². The topological polar surface area (TPSA) is 54.0 Å². The van der Waals surface area contributed by atoms with E-state index in [1.165, 1.54) is 19.3 Å². The van der Waals surface area contributed by atoms with E-state index in [-0.39, 0.29) is 6.10 Å². The predicted octanol–water partition coefficient (Wildman–Crippen LogP) is 2.11. The molecule has 3 fully saturated rings. The molecule has 0 amide bonds. The smallest absolute Gasteiger partial charge is 0.233 e. The third-order valence-electron chi connectivity index (χ3n) is 6.14. The van der Waals surface area contributed by atoms with E-state index in [1.54, 1.807) is 19.5 Å². The first-order chi connectivity index (χ1) is 13.2. The Balaban J connectivity index is 1.21. The molecule has 0 N–H and O–H groups in total. The molecule has 3 aliphatic rings. The molecule has 27 heavy (non-hydrogen) atoms. The monoisotopic (exact) mass is 373 g/mol. The first kappa shape index (κ1) is 18.3. The van der Waals surface area contributed by atoms with Crippen LogP contribution in [0.2, 0.25) is 0 Å². The van der Waals surface area contributed by atoms with Crippen molar-refractivity contribution in [3.8, 4) is 5.88 Å². The van der Waals surface area contributed by atoms with Crippen LogP contribution in [0.3, 0.4) is 0 Å². The fourth-order valence-corrected chi connectivity index (χ4v) is 4.15. The lowest BCUT2D eigenvalue weighted by Gasteiger charge is -2.44. The van der Waals surface area contributed by atoms with E-state index in [1.807, 2.05) is 0 Å². The van der Waals surface area contributed by atoms with E-state index in [0.717, 1.165) is 69.9 Å². The molecule has 7 nitrogen and oxygen atoms in total. The molecule has 4 rings (SSSR count). The summed E-state index contributed by atoms with van der Waals surface area (Å²) in [5, 5.41) is 0. The number of hydrogen-bond acceptors (Lipinski definition) is 7. The van der Waals surface area contributed by atoms with Crippen LogP contribution in [0.25, 0.3) is 0 Å². The van der Waals surface area contributed by atoms with Gasteiger partial charge in [0.05, 0.1) is 19.5 Å². The molecule has 0 spiro atoms. The highest BCUT2D eigenvalue weighted by Gasteiger charge is 2.29. The first-order valence-electron chi connectivity index (χ1n) is 10.2. The average molecular weight is 374 g/mol. The van der Waals surface area contributed by atoms with Crippen molar-refractivity contribution in [2.75, 3.05) is 51.3 Å². The Hall–Kier alpha value is -2.02. The molecule has 3 heterocycles. The molecule has 1 aromatic rings. The molecular formula is C20H31N5O2. The Morgan fingerprint density at radius 1 is 1.04 bits per heavy atom. The molecule has 0 bridgehead atoms. The number of nitrogens with zero attached hydrogens (tertiary/aromatic N) is 5. The van der Waals surface area contributed by atoms with Crippen molar-refractivity contribution < 1.29 is 9.47 Å². The minimum Gasteiger partial charge on any atom is -0.480 e. The number of piperazine rings is 1. The van der Waals surface area contributed by atoms with Gasteiger partial charge in [-0.05, 0) is 19.4 Å². The van der Waals surface area contributed by atoms with Crippen molar-refractivity contribution in [1.29, 1.82) is 0 Å². The summed E-state index contributed by atoms with van der Waals surface area (Å²) in [4.78, 5) is 15.9. The molecule has 1 aromatic heterocycles. The van der Waals surface area contributed by atoms with Crippen LogP contribution in [-0.2, 0) is 4.74 Å². The molecule has 2 aliphatic heterocycles. The second-order valence-electron chi connectivity index (χ2n) is 7.73. The van der Waals surface area contributed by atoms with Gasteiger partial charge in [0.25, 0.3) is 0 Å². The van der Waals surface area contributed by atoms with E-state index < -0.39 is 0 Å². The van der Waals surface area contributed by atoms with Gasteiger partial charge < -0.3 is 19.3 Å². The van der Waals surface area contributed by atoms with Crippen LogP contribution in [0.1, 0.15) is 32.1 Å². The van der Waals surface area contributed by atoms with Gasteiger partial charge in [0.1, 0.15) is 6.10 Å². The van der Waals surface area contributed by atoms with Crippen LogP contribution in [0, 0.1) is 0 Å².